The number of benzene rings is 1. The monoisotopic (exact) mass is 218 g/mol. The third kappa shape index (κ3) is 3.35. The van der Waals surface area contributed by atoms with Crippen LogP contribution < -0.4 is 10.6 Å². The van der Waals surface area contributed by atoms with Crippen LogP contribution in [0.2, 0.25) is 0 Å². The molecule has 3 N–H and O–H groups in total. The fourth-order valence-electron chi connectivity index (χ4n) is 0.985. The summed E-state index contributed by atoms with van der Waals surface area (Å²) in [6.07, 6.45) is 4.80. The Labute approximate surface area is 92.5 Å². The average Bonchev–Trinajstić information content (AvgIpc) is 2.29. The second-order valence-corrected chi connectivity index (χ2v) is 2.89. The van der Waals surface area contributed by atoms with Crippen LogP contribution in [0.1, 0.15) is 0 Å². The van der Waals surface area contributed by atoms with Gasteiger partial charge in [0.2, 0.25) is 5.91 Å². The molecule has 5 nitrogen and oxygen atoms in total. The molecule has 1 aromatic carbocycles. The quantitative estimate of drug-likeness (QED) is 0.496. The lowest BCUT2D eigenvalue weighted by molar-refractivity contribution is -0.120. The Morgan fingerprint density at radius 2 is 2.06 bits per heavy atom. The molecule has 0 heterocycles. The summed E-state index contributed by atoms with van der Waals surface area (Å²) in [6.45, 7) is -0.239. The van der Waals surface area contributed by atoms with Gasteiger partial charge in [-0.1, -0.05) is 12.1 Å². The third-order valence-electron chi connectivity index (χ3n) is 1.72. The van der Waals surface area contributed by atoms with Gasteiger partial charge in [0, 0.05) is 0 Å². The van der Waals surface area contributed by atoms with Crippen LogP contribution in [0.3, 0.4) is 0 Å². The van der Waals surface area contributed by atoms with Gasteiger partial charge >= 0.3 is 0 Å². The summed E-state index contributed by atoms with van der Waals surface area (Å²) in [7, 11) is 0. The summed E-state index contributed by atoms with van der Waals surface area (Å²) >= 11 is 0. The molecule has 5 heteroatoms. The maximum absolute atomic E-state index is 11.3. The topological polar surface area (TPSA) is 78.4 Å². The molecule has 0 bridgehead atoms. The van der Waals surface area contributed by atoms with Crippen molar-refractivity contribution >= 4 is 17.5 Å². The number of phenolic OH excluding ortho intramolecular Hbond substituents is 1. The standard InChI is InChI=1S/C11H10N2O3/c1-2-10(15)12-7-11(16)13-8-5-3-4-6-9(8)14/h1,3-6,14H,7H2,(H,12,15)(H,13,16). The van der Waals surface area contributed by atoms with E-state index in [1.54, 1.807) is 12.1 Å². The van der Waals surface area contributed by atoms with Gasteiger partial charge in [-0.15, -0.1) is 6.42 Å². The number of anilines is 1. The lowest BCUT2D eigenvalue weighted by Crippen LogP contribution is -2.31. The van der Waals surface area contributed by atoms with Crippen molar-refractivity contribution in [3.63, 3.8) is 0 Å². The van der Waals surface area contributed by atoms with Gasteiger partial charge in [0.25, 0.3) is 5.91 Å². The van der Waals surface area contributed by atoms with Crippen molar-refractivity contribution in [3.8, 4) is 18.1 Å². The van der Waals surface area contributed by atoms with Crippen LogP contribution >= 0.6 is 0 Å². The molecule has 0 aromatic heterocycles. The predicted molar refractivity (Wildman–Crippen MR) is 58.6 cm³/mol. The molecule has 1 aromatic rings. The van der Waals surface area contributed by atoms with E-state index in [2.05, 4.69) is 10.6 Å². The van der Waals surface area contributed by atoms with Gasteiger partial charge in [-0.05, 0) is 18.1 Å². The molecule has 2 amide bonds. The van der Waals surface area contributed by atoms with E-state index in [0.717, 1.165) is 0 Å². The smallest absolute Gasteiger partial charge is 0.296 e. The van der Waals surface area contributed by atoms with Crippen molar-refractivity contribution in [2.45, 2.75) is 0 Å². The number of rotatable bonds is 3. The second kappa shape index (κ2) is 5.41. The van der Waals surface area contributed by atoms with Gasteiger partial charge in [-0.3, -0.25) is 9.59 Å². The second-order valence-electron chi connectivity index (χ2n) is 2.89. The number of amides is 2. The van der Waals surface area contributed by atoms with Gasteiger partial charge < -0.3 is 15.7 Å². The number of phenols is 1. The minimum absolute atomic E-state index is 0.0425. The Bertz CT molecular complexity index is 449. The molecule has 0 unspecified atom stereocenters. The highest BCUT2D eigenvalue weighted by molar-refractivity contribution is 5.99. The molecule has 0 radical (unpaired) electrons. The maximum Gasteiger partial charge on any atom is 0.296 e. The number of aromatic hydroxyl groups is 1. The van der Waals surface area contributed by atoms with Crippen molar-refractivity contribution < 1.29 is 14.7 Å². The van der Waals surface area contributed by atoms with Crippen molar-refractivity contribution in [2.75, 3.05) is 11.9 Å². The van der Waals surface area contributed by atoms with E-state index in [9.17, 15) is 14.7 Å². The Morgan fingerprint density at radius 3 is 2.69 bits per heavy atom. The molecule has 0 aliphatic carbocycles. The Kier molecular flexibility index (Phi) is 3.92. The number of nitrogens with one attached hydrogen (secondary N) is 2. The lowest BCUT2D eigenvalue weighted by atomic mass is 10.3. The van der Waals surface area contributed by atoms with Gasteiger partial charge in [-0.2, -0.15) is 0 Å². The molecule has 0 spiro atoms. The van der Waals surface area contributed by atoms with E-state index < -0.39 is 11.8 Å². The van der Waals surface area contributed by atoms with Crippen LogP contribution in [-0.2, 0) is 9.59 Å². The Balaban J connectivity index is 2.50. The van der Waals surface area contributed by atoms with Crippen LogP contribution in [0.4, 0.5) is 5.69 Å². The van der Waals surface area contributed by atoms with Gasteiger partial charge in [-0.25, -0.2) is 0 Å². The van der Waals surface area contributed by atoms with E-state index in [0.29, 0.717) is 0 Å². The fourth-order valence-corrected chi connectivity index (χ4v) is 0.985. The normalized spacial score (nSPS) is 8.94. The predicted octanol–water partition coefficient (Wildman–Crippen LogP) is 0.0801. The minimum atomic E-state index is -0.660. The number of hydrogen-bond donors (Lipinski definition) is 3. The average molecular weight is 218 g/mol. The molecule has 0 aliphatic heterocycles. The molecule has 0 saturated heterocycles. The lowest BCUT2D eigenvalue weighted by Gasteiger charge is -2.06. The number of hydrogen-bond acceptors (Lipinski definition) is 3. The highest BCUT2D eigenvalue weighted by atomic mass is 16.3. The number of terminal acetylenes is 1. The first kappa shape index (κ1) is 11.6. The zero-order valence-electron chi connectivity index (χ0n) is 8.36. The van der Waals surface area contributed by atoms with Gasteiger partial charge in [0.15, 0.2) is 0 Å². The first-order valence-electron chi connectivity index (χ1n) is 4.45. The summed E-state index contributed by atoms with van der Waals surface area (Å²) in [5.41, 5.74) is 0.280. The fraction of sp³-hybridized carbons (Fsp3) is 0.0909. The van der Waals surface area contributed by atoms with E-state index >= 15 is 0 Å². The molecule has 0 saturated carbocycles. The molecule has 16 heavy (non-hydrogen) atoms. The van der Waals surface area contributed by atoms with Crippen molar-refractivity contribution in [3.05, 3.63) is 24.3 Å². The van der Waals surface area contributed by atoms with Crippen molar-refractivity contribution in [2.24, 2.45) is 0 Å². The Hall–Kier alpha value is -2.48. The third-order valence-corrected chi connectivity index (χ3v) is 1.72. The van der Waals surface area contributed by atoms with E-state index in [1.165, 1.54) is 12.1 Å². The van der Waals surface area contributed by atoms with E-state index in [-0.39, 0.29) is 18.0 Å². The Morgan fingerprint density at radius 1 is 1.38 bits per heavy atom. The first-order chi connectivity index (χ1) is 7.63. The zero-order valence-corrected chi connectivity index (χ0v) is 8.36. The van der Waals surface area contributed by atoms with E-state index in [4.69, 9.17) is 6.42 Å². The summed E-state index contributed by atoms with van der Waals surface area (Å²) in [4.78, 5) is 21.9. The first-order valence-corrected chi connectivity index (χ1v) is 4.45. The van der Waals surface area contributed by atoms with Crippen molar-refractivity contribution in [1.29, 1.82) is 0 Å². The minimum Gasteiger partial charge on any atom is -0.506 e. The molecular formula is C11H10N2O3. The summed E-state index contributed by atoms with van der Waals surface area (Å²) < 4.78 is 0. The number of para-hydroxylation sites is 2. The maximum atomic E-state index is 11.3. The zero-order chi connectivity index (χ0) is 12.0. The molecule has 82 valence electrons. The van der Waals surface area contributed by atoms with Crippen LogP contribution in [-0.4, -0.2) is 23.5 Å². The van der Waals surface area contributed by atoms with Crippen LogP contribution in [0.15, 0.2) is 24.3 Å². The summed E-state index contributed by atoms with van der Waals surface area (Å²) in [5, 5.41) is 14.0. The highest BCUT2D eigenvalue weighted by Crippen LogP contribution is 2.20. The van der Waals surface area contributed by atoms with Gasteiger partial charge in [0.05, 0.1) is 12.2 Å². The molecule has 0 aliphatic rings. The molecule has 1 rings (SSSR count). The van der Waals surface area contributed by atoms with Crippen molar-refractivity contribution in [1.82, 2.24) is 5.32 Å². The van der Waals surface area contributed by atoms with Gasteiger partial charge in [0.1, 0.15) is 5.75 Å². The molecule has 0 atom stereocenters. The SMILES string of the molecule is C#CC(=O)NCC(=O)Nc1ccccc1O. The van der Waals surface area contributed by atoms with Crippen LogP contribution in [0.25, 0.3) is 0 Å². The van der Waals surface area contributed by atoms with Crippen LogP contribution in [0, 0.1) is 12.3 Å². The highest BCUT2D eigenvalue weighted by Gasteiger charge is 2.06. The molecule has 0 fully saturated rings. The summed E-state index contributed by atoms with van der Waals surface area (Å²) in [5.74, 6) is 0.646. The molecular weight excluding hydrogens is 208 g/mol. The number of carbonyl (C=O) groups excluding carboxylic acids is 2. The van der Waals surface area contributed by atoms with E-state index in [1.807, 2.05) is 5.92 Å². The largest absolute Gasteiger partial charge is 0.506 e. The summed E-state index contributed by atoms with van der Waals surface area (Å²) in [6, 6.07) is 6.27. The number of carbonyl (C=O) groups is 2. The van der Waals surface area contributed by atoms with Crippen LogP contribution in [0.5, 0.6) is 5.75 Å².